The summed E-state index contributed by atoms with van der Waals surface area (Å²) in [6.45, 7) is 3.52. The maximum absolute atomic E-state index is 12.5. The number of rotatable bonds is 38. The number of allylic oxidation sites excluding steroid dienone is 12. The first-order valence-corrected chi connectivity index (χ1v) is 22.4. The summed E-state index contributed by atoms with van der Waals surface area (Å²) in [5.41, 5.74) is 5.34. The normalized spacial score (nSPS) is 14.1. The molecule has 9 nitrogen and oxygen atoms in total. The zero-order valence-electron chi connectivity index (χ0n) is 33.9. The Bertz CT molecular complexity index is 1110. The van der Waals surface area contributed by atoms with Gasteiger partial charge in [-0.3, -0.25) is 18.6 Å². The average Bonchev–Trinajstić information content (AvgIpc) is 3.16. The maximum atomic E-state index is 12.5. The molecule has 0 spiro atoms. The summed E-state index contributed by atoms with van der Waals surface area (Å²) in [5.74, 6) is -0.929. The van der Waals surface area contributed by atoms with Crippen molar-refractivity contribution in [3.8, 4) is 0 Å². The van der Waals surface area contributed by atoms with E-state index in [4.69, 9.17) is 24.3 Å². The van der Waals surface area contributed by atoms with E-state index in [2.05, 4.69) is 74.6 Å². The van der Waals surface area contributed by atoms with E-state index in [9.17, 15) is 19.0 Å². The maximum Gasteiger partial charge on any atom is 0.472 e. The van der Waals surface area contributed by atoms with Crippen LogP contribution in [0.3, 0.4) is 0 Å². The Kier molecular flexibility index (Phi) is 38.2. The monoisotopic (exact) mass is 778 g/mol. The number of phosphoric ester groups is 1. The highest BCUT2D eigenvalue weighted by atomic mass is 31.2. The van der Waals surface area contributed by atoms with Crippen molar-refractivity contribution in [1.29, 1.82) is 0 Å². The van der Waals surface area contributed by atoms with Crippen LogP contribution in [0.4, 0.5) is 0 Å². The van der Waals surface area contributed by atoms with Crippen LogP contribution in [-0.4, -0.2) is 49.3 Å². The smallest absolute Gasteiger partial charge is 0.462 e. The van der Waals surface area contributed by atoms with Crippen molar-refractivity contribution in [1.82, 2.24) is 0 Å². The first kappa shape index (κ1) is 51.5. The van der Waals surface area contributed by atoms with Crippen LogP contribution in [-0.2, 0) is 32.7 Å². The van der Waals surface area contributed by atoms with E-state index >= 15 is 0 Å². The molecule has 0 radical (unpaired) electrons. The molecule has 2 atom stereocenters. The third-order valence-corrected chi connectivity index (χ3v) is 9.35. The predicted octanol–water partition coefficient (Wildman–Crippen LogP) is 11.9. The predicted molar refractivity (Wildman–Crippen MR) is 224 cm³/mol. The van der Waals surface area contributed by atoms with E-state index in [1.54, 1.807) is 0 Å². The van der Waals surface area contributed by atoms with Gasteiger partial charge in [-0.25, -0.2) is 4.57 Å². The van der Waals surface area contributed by atoms with Gasteiger partial charge in [-0.2, -0.15) is 0 Å². The second-order valence-electron chi connectivity index (χ2n) is 13.5. The van der Waals surface area contributed by atoms with Crippen LogP contribution >= 0.6 is 7.82 Å². The van der Waals surface area contributed by atoms with Crippen molar-refractivity contribution in [2.45, 2.75) is 168 Å². The van der Waals surface area contributed by atoms with Gasteiger partial charge in [0.05, 0.1) is 13.2 Å². The molecule has 310 valence electrons. The second kappa shape index (κ2) is 40.1. The van der Waals surface area contributed by atoms with E-state index in [0.717, 1.165) is 57.8 Å². The van der Waals surface area contributed by atoms with Crippen molar-refractivity contribution in [3.63, 3.8) is 0 Å². The van der Waals surface area contributed by atoms with E-state index in [0.29, 0.717) is 6.42 Å². The van der Waals surface area contributed by atoms with Crippen molar-refractivity contribution < 1.29 is 37.6 Å². The zero-order chi connectivity index (χ0) is 39.6. The molecule has 0 aromatic carbocycles. The van der Waals surface area contributed by atoms with Crippen molar-refractivity contribution >= 4 is 19.8 Å². The minimum atomic E-state index is -4.40. The summed E-state index contributed by atoms with van der Waals surface area (Å²) in [6.07, 6.45) is 48.0. The molecule has 0 aliphatic heterocycles. The molecule has 0 aromatic heterocycles. The minimum absolute atomic E-state index is 0.0395. The molecule has 0 saturated carbocycles. The van der Waals surface area contributed by atoms with Gasteiger partial charge in [-0.05, 0) is 51.4 Å². The highest BCUT2D eigenvalue weighted by Crippen LogP contribution is 2.43. The summed E-state index contributed by atoms with van der Waals surface area (Å²) < 4.78 is 32.6. The van der Waals surface area contributed by atoms with E-state index in [-0.39, 0.29) is 32.6 Å². The van der Waals surface area contributed by atoms with Gasteiger partial charge >= 0.3 is 19.8 Å². The number of carbonyl (C=O) groups excluding carboxylic acids is 2. The molecule has 0 fully saturated rings. The third kappa shape index (κ3) is 39.2. The Hall–Kier alpha value is -2.55. The highest BCUT2D eigenvalue weighted by Gasteiger charge is 2.25. The molecule has 0 amide bonds. The Balaban J connectivity index is 4.32. The van der Waals surface area contributed by atoms with Crippen molar-refractivity contribution in [2.75, 3.05) is 26.4 Å². The Morgan fingerprint density at radius 1 is 0.574 bits per heavy atom. The average molecular weight is 778 g/mol. The molecular formula is C44H76NO8P. The molecule has 0 aliphatic carbocycles. The van der Waals surface area contributed by atoms with Gasteiger partial charge in [0.2, 0.25) is 0 Å². The van der Waals surface area contributed by atoms with Gasteiger partial charge in [0, 0.05) is 19.4 Å². The standard InChI is InChI=1S/C44H76NO8P/c1-3-5-7-9-11-13-15-17-19-20-21-22-23-25-27-29-31-33-35-37-44(47)53-42(41-52-54(48,49)51-39-38-45)40-50-43(46)36-34-32-30-28-26-24-18-16-14-12-10-8-6-4-2/h5,7,11,13,17,19,21-22,25,27,31,33,42H,3-4,6,8-10,12,14-16,18,20,23-24,26,28-30,32,34-41,45H2,1-2H3,(H,48,49). The third-order valence-electron chi connectivity index (χ3n) is 8.37. The van der Waals surface area contributed by atoms with Gasteiger partial charge in [0.15, 0.2) is 6.10 Å². The molecule has 0 aliphatic rings. The lowest BCUT2D eigenvalue weighted by atomic mass is 10.0. The fourth-order valence-electron chi connectivity index (χ4n) is 5.31. The number of hydrogen-bond acceptors (Lipinski definition) is 8. The number of carbonyl (C=O) groups is 2. The quantitative estimate of drug-likeness (QED) is 0.0272. The molecule has 0 aromatic rings. The van der Waals surface area contributed by atoms with Gasteiger partial charge in [0.1, 0.15) is 6.61 Å². The van der Waals surface area contributed by atoms with Gasteiger partial charge < -0.3 is 20.1 Å². The Morgan fingerprint density at radius 3 is 1.48 bits per heavy atom. The summed E-state index contributed by atoms with van der Waals surface area (Å²) in [5, 5.41) is 0. The van der Waals surface area contributed by atoms with Gasteiger partial charge in [-0.15, -0.1) is 0 Å². The molecular weight excluding hydrogens is 701 g/mol. The molecule has 0 bridgehead atoms. The highest BCUT2D eigenvalue weighted by molar-refractivity contribution is 7.47. The lowest BCUT2D eigenvalue weighted by Crippen LogP contribution is -2.29. The van der Waals surface area contributed by atoms with Gasteiger partial charge in [-0.1, -0.05) is 170 Å². The molecule has 54 heavy (non-hydrogen) atoms. The lowest BCUT2D eigenvalue weighted by Gasteiger charge is -2.19. The summed E-state index contributed by atoms with van der Waals surface area (Å²) in [4.78, 5) is 34.8. The number of esters is 2. The topological polar surface area (TPSA) is 134 Å². The fourth-order valence-corrected chi connectivity index (χ4v) is 6.07. The zero-order valence-corrected chi connectivity index (χ0v) is 34.8. The first-order chi connectivity index (χ1) is 26.3. The molecule has 3 N–H and O–H groups in total. The van der Waals surface area contributed by atoms with E-state index in [1.807, 2.05) is 12.2 Å². The molecule has 0 heterocycles. The Morgan fingerprint density at radius 2 is 1.02 bits per heavy atom. The summed E-state index contributed by atoms with van der Waals surface area (Å²) >= 11 is 0. The minimum Gasteiger partial charge on any atom is -0.462 e. The Labute approximate surface area is 329 Å². The number of phosphoric acid groups is 1. The molecule has 2 unspecified atom stereocenters. The van der Waals surface area contributed by atoms with Crippen LogP contribution in [0.25, 0.3) is 0 Å². The van der Waals surface area contributed by atoms with Crippen LogP contribution < -0.4 is 5.73 Å². The SMILES string of the molecule is CCC=CCC=CCC=CCC=CCC=CCC=CCCC(=O)OC(COC(=O)CCCCCCCCCCCCCCCC)COP(=O)(O)OCCN. The van der Waals surface area contributed by atoms with Gasteiger partial charge in [0.25, 0.3) is 0 Å². The fraction of sp³-hybridized carbons (Fsp3) is 0.682. The number of ether oxygens (including phenoxy) is 2. The summed E-state index contributed by atoms with van der Waals surface area (Å²) in [7, 11) is -4.40. The summed E-state index contributed by atoms with van der Waals surface area (Å²) in [6, 6.07) is 0. The van der Waals surface area contributed by atoms with Crippen LogP contribution in [0.5, 0.6) is 0 Å². The molecule has 10 heteroatoms. The number of hydrogen-bond donors (Lipinski definition) is 2. The number of unbranched alkanes of at least 4 members (excludes halogenated alkanes) is 13. The van der Waals surface area contributed by atoms with Crippen LogP contribution in [0.15, 0.2) is 72.9 Å². The lowest BCUT2D eigenvalue weighted by molar-refractivity contribution is -0.161. The van der Waals surface area contributed by atoms with Crippen LogP contribution in [0, 0.1) is 0 Å². The largest absolute Gasteiger partial charge is 0.472 e. The molecule has 0 rings (SSSR count). The van der Waals surface area contributed by atoms with E-state index in [1.165, 1.54) is 70.6 Å². The van der Waals surface area contributed by atoms with E-state index < -0.39 is 32.5 Å². The van der Waals surface area contributed by atoms with Crippen LogP contribution in [0.2, 0.25) is 0 Å². The second-order valence-corrected chi connectivity index (χ2v) is 14.9. The first-order valence-electron chi connectivity index (χ1n) is 20.9. The number of nitrogens with two attached hydrogens (primary N) is 1. The van der Waals surface area contributed by atoms with Crippen LogP contribution in [0.1, 0.15) is 162 Å². The van der Waals surface area contributed by atoms with Crippen molar-refractivity contribution in [2.24, 2.45) is 5.73 Å². The van der Waals surface area contributed by atoms with Crippen molar-refractivity contribution in [3.05, 3.63) is 72.9 Å². The molecule has 0 saturated heterocycles.